The first-order chi connectivity index (χ1) is 32.8. The van der Waals surface area contributed by atoms with E-state index in [0.29, 0.717) is 0 Å². The Balaban J connectivity index is 4.89. The molecule has 0 aromatic carbocycles. The molecule has 1 nitrogen and oxygen atoms in total. The highest BCUT2D eigenvalue weighted by Gasteiger charge is 2.18. The summed E-state index contributed by atoms with van der Waals surface area (Å²) in [5.41, 5.74) is 0. The van der Waals surface area contributed by atoms with E-state index in [-0.39, 0.29) is 0 Å². The van der Waals surface area contributed by atoms with Gasteiger partial charge in [0.2, 0.25) is 0 Å². The molecule has 0 aromatic heterocycles. The first kappa shape index (κ1) is 66.0. The van der Waals surface area contributed by atoms with Crippen molar-refractivity contribution < 1.29 is 0 Å². The Kier molecular flexibility index (Phi) is 61.0. The van der Waals surface area contributed by atoms with E-state index in [1.165, 1.54) is 385 Å². The van der Waals surface area contributed by atoms with Crippen LogP contribution in [0.15, 0.2) is 0 Å². The van der Waals surface area contributed by atoms with Gasteiger partial charge in [-0.15, -0.1) is 0 Å². The molecule has 0 fully saturated rings. The largest absolute Gasteiger partial charge is 0.300 e. The summed E-state index contributed by atoms with van der Waals surface area (Å²) in [7, 11) is 0. The van der Waals surface area contributed by atoms with E-state index < -0.39 is 0 Å². The van der Waals surface area contributed by atoms with Crippen LogP contribution in [0.1, 0.15) is 400 Å². The molecule has 0 rings (SSSR count). The lowest BCUT2D eigenvalue weighted by Crippen LogP contribution is -2.37. The topological polar surface area (TPSA) is 3.24 Å². The maximum absolute atomic E-state index is 3.09. The highest BCUT2D eigenvalue weighted by Crippen LogP contribution is 2.23. The van der Waals surface area contributed by atoms with Gasteiger partial charge in [0.25, 0.3) is 0 Å². The SMILES string of the molecule is CCCCCCCCCCCCCCCCC(CCCCCCCCCCCCCCCC)N(CCCCCCCCCCCCCCCC)CCCCCCCCCCCCCCCC. The van der Waals surface area contributed by atoms with Crippen molar-refractivity contribution in [1.29, 1.82) is 0 Å². The summed E-state index contributed by atoms with van der Waals surface area (Å²) in [5, 5.41) is 0. The number of hydrogen-bond donors (Lipinski definition) is 0. The van der Waals surface area contributed by atoms with Gasteiger partial charge in [-0.25, -0.2) is 0 Å². The van der Waals surface area contributed by atoms with Crippen LogP contribution in [-0.2, 0) is 0 Å². The van der Waals surface area contributed by atoms with Gasteiger partial charge in [0.15, 0.2) is 0 Å². The molecule has 0 saturated carbocycles. The Morgan fingerprint density at radius 2 is 0.303 bits per heavy atom. The van der Waals surface area contributed by atoms with Crippen LogP contribution in [0.5, 0.6) is 0 Å². The molecule has 1 heteroatoms. The van der Waals surface area contributed by atoms with Crippen molar-refractivity contribution in [2.75, 3.05) is 13.1 Å². The average Bonchev–Trinajstić information content (AvgIpc) is 3.33. The monoisotopic (exact) mass is 928 g/mol. The number of hydrogen-bond acceptors (Lipinski definition) is 1. The summed E-state index contributed by atoms with van der Waals surface area (Å²) in [6.07, 6.45) is 85.3. The molecular weight excluding hydrogens is 795 g/mol. The fourth-order valence-electron chi connectivity index (χ4n) is 11.2. The zero-order chi connectivity index (χ0) is 47.6. The molecule has 0 aliphatic carbocycles. The van der Waals surface area contributed by atoms with Gasteiger partial charge in [0.1, 0.15) is 0 Å². The molecule has 0 amide bonds. The van der Waals surface area contributed by atoms with Crippen molar-refractivity contribution in [1.82, 2.24) is 4.90 Å². The van der Waals surface area contributed by atoms with Crippen LogP contribution in [0.2, 0.25) is 0 Å². The fraction of sp³-hybridized carbons (Fsp3) is 1.00. The molecule has 0 aliphatic rings. The number of nitrogens with zero attached hydrogens (tertiary/aromatic N) is 1. The summed E-state index contributed by atoms with van der Waals surface area (Å²) in [6, 6.07) is 0.851. The zero-order valence-corrected chi connectivity index (χ0v) is 47.5. The van der Waals surface area contributed by atoms with Crippen LogP contribution in [0.3, 0.4) is 0 Å². The van der Waals surface area contributed by atoms with E-state index in [0.717, 1.165) is 6.04 Å². The zero-order valence-electron chi connectivity index (χ0n) is 47.5. The first-order valence-corrected chi connectivity index (χ1v) is 32.5. The molecule has 0 atom stereocenters. The van der Waals surface area contributed by atoms with Crippen LogP contribution in [0, 0.1) is 0 Å². The van der Waals surface area contributed by atoms with Gasteiger partial charge >= 0.3 is 0 Å². The first-order valence-electron chi connectivity index (χ1n) is 32.5. The second kappa shape index (κ2) is 61.1. The minimum atomic E-state index is 0.851. The average molecular weight is 929 g/mol. The normalized spacial score (nSPS) is 11.9. The molecule has 0 unspecified atom stereocenters. The van der Waals surface area contributed by atoms with Crippen LogP contribution >= 0.6 is 0 Å². The van der Waals surface area contributed by atoms with Gasteiger partial charge in [-0.05, 0) is 38.8 Å². The van der Waals surface area contributed by atoms with Crippen molar-refractivity contribution in [3.63, 3.8) is 0 Å². The van der Waals surface area contributed by atoms with E-state index in [1.807, 2.05) is 0 Å². The Morgan fingerprint density at radius 3 is 0.470 bits per heavy atom. The third-order valence-electron chi connectivity index (χ3n) is 15.9. The fourth-order valence-corrected chi connectivity index (χ4v) is 11.2. The van der Waals surface area contributed by atoms with E-state index in [4.69, 9.17) is 0 Å². The minimum absolute atomic E-state index is 0.851. The lowest BCUT2D eigenvalue weighted by molar-refractivity contribution is 0.163. The summed E-state index contributed by atoms with van der Waals surface area (Å²) in [6.45, 7) is 12.1. The Bertz CT molecular complexity index is 675. The molecule has 0 saturated heterocycles. The molecule has 66 heavy (non-hydrogen) atoms. The van der Waals surface area contributed by atoms with Crippen LogP contribution in [0.4, 0.5) is 0 Å². The van der Waals surface area contributed by atoms with Gasteiger partial charge < -0.3 is 4.90 Å². The van der Waals surface area contributed by atoms with E-state index in [2.05, 4.69) is 32.6 Å². The predicted octanol–water partition coefficient (Wildman–Crippen LogP) is 24.4. The standard InChI is InChI=1S/C65H133N/c1-5-9-13-17-21-25-29-33-37-41-45-49-53-57-61-65(62-58-54-50-46-42-38-34-30-26-22-18-14-10-6-2)66(63-59-55-51-47-43-39-35-31-27-23-19-15-11-7-3)64-60-56-52-48-44-40-36-32-28-24-20-16-12-8-4/h65H,5-64H2,1-4H3. The van der Waals surface area contributed by atoms with Crippen molar-refractivity contribution >= 4 is 0 Å². The molecule has 0 N–H and O–H groups in total. The molecule has 0 bridgehead atoms. The molecule has 0 radical (unpaired) electrons. The lowest BCUT2D eigenvalue weighted by atomic mass is 9.97. The summed E-state index contributed by atoms with van der Waals surface area (Å²) in [4.78, 5) is 3.09. The smallest absolute Gasteiger partial charge is 0.00952 e. The molecule has 0 aliphatic heterocycles. The quantitative estimate of drug-likeness (QED) is 0.0550. The van der Waals surface area contributed by atoms with Gasteiger partial charge in [-0.2, -0.15) is 0 Å². The van der Waals surface area contributed by atoms with Crippen LogP contribution in [0.25, 0.3) is 0 Å². The van der Waals surface area contributed by atoms with Crippen molar-refractivity contribution in [3.05, 3.63) is 0 Å². The van der Waals surface area contributed by atoms with Crippen molar-refractivity contribution in [2.45, 2.75) is 406 Å². The van der Waals surface area contributed by atoms with Crippen LogP contribution < -0.4 is 0 Å². The molecule has 0 aromatic rings. The summed E-state index contributed by atoms with van der Waals surface area (Å²) in [5.74, 6) is 0. The van der Waals surface area contributed by atoms with Gasteiger partial charge in [-0.3, -0.25) is 0 Å². The van der Waals surface area contributed by atoms with Crippen LogP contribution in [-0.4, -0.2) is 24.0 Å². The van der Waals surface area contributed by atoms with E-state index >= 15 is 0 Å². The Morgan fingerprint density at radius 1 is 0.167 bits per heavy atom. The van der Waals surface area contributed by atoms with Gasteiger partial charge in [-0.1, -0.05) is 374 Å². The minimum Gasteiger partial charge on any atom is -0.300 e. The Hall–Kier alpha value is -0.0400. The highest BCUT2D eigenvalue weighted by atomic mass is 15.1. The van der Waals surface area contributed by atoms with E-state index in [1.54, 1.807) is 0 Å². The highest BCUT2D eigenvalue weighted by molar-refractivity contribution is 4.74. The van der Waals surface area contributed by atoms with E-state index in [9.17, 15) is 0 Å². The third-order valence-corrected chi connectivity index (χ3v) is 15.9. The lowest BCUT2D eigenvalue weighted by Gasteiger charge is -2.32. The third kappa shape index (κ3) is 54.9. The van der Waals surface area contributed by atoms with Gasteiger partial charge in [0, 0.05) is 6.04 Å². The Labute approximate surface area is 422 Å². The van der Waals surface area contributed by atoms with Crippen molar-refractivity contribution in [2.24, 2.45) is 0 Å². The summed E-state index contributed by atoms with van der Waals surface area (Å²) < 4.78 is 0. The second-order valence-electron chi connectivity index (χ2n) is 22.7. The second-order valence-corrected chi connectivity index (χ2v) is 22.7. The predicted molar refractivity (Wildman–Crippen MR) is 306 cm³/mol. The molecule has 0 heterocycles. The molecule has 0 spiro atoms. The maximum atomic E-state index is 3.09. The number of rotatable bonds is 61. The summed E-state index contributed by atoms with van der Waals surface area (Å²) >= 11 is 0. The van der Waals surface area contributed by atoms with Crippen molar-refractivity contribution in [3.8, 4) is 0 Å². The maximum Gasteiger partial charge on any atom is 0.00952 e. The number of unbranched alkanes of at least 4 members (excludes halogenated alkanes) is 52. The molecule has 398 valence electrons. The molecular formula is C65H133N. The van der Waals surface area contributed by atoms with Gasteiger partial charge in [0.05, 0.1) is 0 Å².